The number of nitrogens with zero attached hydrogens (tertiary/aromatic N) is 1. The summed E-state index contributed by atoms with van der Waals surface area (Å²) in [5.41, 5.74) is 0.288. The summed E-state index contributed by atoms with van der Waals surface area (Å²) in [5, 5.41) is 4.39. The van der Waals surface area contributed by atoms with E-state index in [1.165, 1.54) is 12.0 Å². The van der Waals surface area contributed by atoms with Gasteiger partial charge in [-0.3, -0.25) is 4.90 Å². The quantitative estimate of drug-likeness (QED) is 0.901. The van der Waals surface area contributed by atoms with E-state index >= 15 is 0 Å². The number of benzene rings is 2. The van der Waals surface area contributed by atoms with Crippen LogP contribution in [0.5, 0.6) is 5.75 Å². The van der Waals surface area contributed by atoms with Gasteiger partial charge in [0.05, 0.1) is 7.11 Å². The van der Waals surface area contributed by atoms with Crippen molar-refractivity contribution in [3.63, 3.8) is 0 Å². The van der Waals surface area contributed by atoms with Gasteiger partial charge in [0, 0.05) is 31.6 Å². The minimum absolute atomic E-state index is 0. The number of piperazine rings is 1. The molecule has 1 heterocycles. The smallest absolute Gasteiger partial charge is 0.408 e. The fraction of sp³-hybridized carbons (Fsp3) is 0.412. The van der Waals surface area contributed by atoms with Gasteiger partial charge in [0.15, 0.2) is 0 Å². The van der Waals surface area contributed by atoms with E-state index in [9.17, 15) is 13.2 Å². The van der Waals surface area contributed by atoms with E-state index in [4.69, 9.17) is 4.74 Å². The molecule has 0 aromatic heterocycles. The molecule has 0 aliphatic carbocycles. The van der Waals surface area contributed by atoms with E-state index in [1.54, 1.807) is 30.3 Å². The maximum Gasteiger partial charge on any atom is 0.408 e. The molecule has 0 radical (unpaired) electrons. The van der Waals surface area contributed by atoms with Crippen molar-refractivity contribution in [2.24, 2.45) is 0 Å². The van der Waals surface area contributed by atoms with Gasteiger partial charge in [-0.15, -0.1) is 12.4 Å². The number of fused-ring (bicyclic) bond motifs is 1. The number of alkyl halides is 3. The highest BCUT2D eigenvalue weighted by Gasteiger charge is 2.45. The lowest BCUT2D eigenvalue weighted by atomic mass is 9.96. The Bertz CT molecular complexity index is 687. The molecule has 0 saturated carbocycles. The van der Waals surface area contributed by atoms with Crippen molar-refractivity contribution in [2.45, 2.75) is 12.2 Å². The van der Waals surface area contributed by atoms with Crippen LogP contribution >= 0.6 is 12.4 Å². The normalized spacial score (nSPS) is 17.3. The van der Waals surface area contributed by atoms with Crippen LogP contribution in [0.4, 0.5) is 13.2 Å². The zero-order valence-corrected chi connectivity index (χ0v) is 14.1. The van der Waals surface area contributed by atoms with Gasteiger partial charge in [-0.25, -0.2) is 0 Å². The van der Waals surface area contributed by atoms with Crippen LogP contribution in [0, 0.1) is 0 Å². The van der Waals surface area contributed by atoms with Gasteiger partial charge in [-0.2, -0.15) is 13.2 Å². The van der Waals surface area contributed by atoms with Crippen LogP contribution in [0.2, 0.25) is 0 Å². The van der Waals surface area contributed by atoms with E-state index in [0.29, 0.717) is 42.7 Å². The number of methoxy groups -OCH3 is 1. The summed E-state index contributed by atoms with van der Waals surface area (Å²) >= 11 is 0. The van der Waals surface area contributed by atoms with E-state index in [1.807, 2.05) is 6.07 Å². The first-order valence-corrected chi connectivity index (χ1v) is 7.59. The molecule has 1 N–H and O–H groups in total. The molecule has 1 atom stereocenters. The molecule has 3 rings (SSSR count). The summed E-state index contributed by atoms with van der Waals surface area (Å²) in [7, 11) is 1.53. The summed E-state index contributed by atoms with van der Waals surface area (Å²) in [6.45, 7) is 1.90. The molecule has 1 saturated heterocycles. The highest BCUT2D eigenvalue weighted by atomic mass is 35.5. The van der Waals surface area contributed by atoms with E-state index < -0.39 is 12.2 Å². The summed E-state index contributed by atoms with van der Waals surface area (Å²) in [5.74, 6) is 0.589. The topological polar surface area (TPSA) is 24.5 Å². The second-order valence-corrected chi connectivity index (χ2v) is 5.63. The van der Waals surface area contributed by atoms with Gasteiger partial charge >= 0.3 is 6.18 Å². The zero-order valence-electron chi connectivity index (χ0n) is 13.3. The lowest BCUT2D eigenvalue weighted by molar-refractivity contribution is -0.187. The van der Waals surface area contributed by atoms with Gasteiger partial charge in [0.1, 0.15) is 11.8 Å². The number of hydrogen-bond acceptors (Lipinski definition) is 3. The third-order valence-corrected chi connectivity index (χ3v) is 4.26. The highest BCUT2D eigenvalue weighted by molar-refractivity contribution is 5.91. The van der Waals surface area contributed by atoms with Crippen LogP contribution < -0.4 is 10.1 Å². The average Bonchev–Trinajstić information content (AvgIpc) is 2.55. The van der Waals surface area contributed by atoms with Crippen molar-refractivity contribution in [3.05, 3.63) is 42.0 Å². The lowest BCUT2D eigenvalue weighted by Crippen LogP contribution is -2.49. The third kappa shape index (κ3) is 3.61. The number of hydrogen-bond donors (Lipinski definition) is 1. The molecular formula is C17H20ClF3N2O. The van der Waals surface area contributed by atoms with Crippen molar-refractivity contribution in [2.75, 3.05) is 33.3 Å². The third-order valence-electron chi connectivity index (χ3n) is 4.26. The molecule has 0 bridgehead atoms. The Morgan fingerprint density at radius 2 is 1.67 bits per heavy atom. The summed E-state index contributed by atoms with van der Waals surface area (Å²) < 4.78 is 46.7. The molecule has 24 heavy (non-hydrogen) atoms. The molecule has 0 spiro atoms. The van der Waals surface area contributed by atoms with Crippen LogP contribution in [-0.4, -0.2) is 44.4 Å². The van der Waals surface area contributed by atoms with Crippen molar-refractivity contribution in [3.8, 4) is 5.75 Å². The average molecular weight is 361 g/mol. The molecule has 1 fully saturated rings. The molecule has 7 heteroatoms. The molecule has 2 aromatic carbocycles. The van der Waals surface area contributed by atoms with Gasteiger partial charge in [0.2, 0.25) is 0 Å². The minimum Gasteiger partial charge on any atom is -0.496 e. The molecule has 2 aromatic rings. The standard InChI is InChI=1S/C17H19F3N2O.ClH/c1-23-15-7-6-14(12-4-2-3-5-13(12)15)16(17(18,19)20)22-10-8-21-9-11-22;/h2-7,16,21H,8-11H2,1H3;1H/t16-;/m1./s1. The van der Waals surface area contributed by atoms with Crippen molar-refractivity contribution in [1.82, 2.24) is 10.2 Å². The monoisotopic (exact) mass is 360 g/mol. The van der Waals surface area contributed by atoms with Crippen LogP contribution in [0.25, 0.3) is 10.8 Å². The second kappa shape index (κ2) is 7.59. The fourth-order valence-electron chi connectivity index (χ4n) is 3.23. The summed E-state index contributed by atoms with van der Waals surface area (Å²) in [4.78, 5) is 1.50. The van der Waals surface area contributed by atoms with Crippen molar-refractivity contribution < 1.29 is 17.9 Å². The fourth-order valence-corrected chi connectivity index (χ4v) is 3.23. The maximum atomic E-state index is 13.8. The van der Waals surface area contributed by atoms with Crippen LogP contribution in [0.15, 0.2) is 36.4 Å². The first-order chi connectivity index (χ1) is 11.0. The number of rotatable bonds is 3. The Morgan fingerprint density at radius 1 is 1.04 bits per heavy atom. The molecule has 3 nitrogen and oxygen atoms in total. The van der Waals surface area contributed by atoms with Gasteiger partial charge in [-0.1, -0.05) is 30.3 Å². The minimum atomic E-state index is -4.32. The van der Waals surface area contributed by atoms with Crippen molar-refractivity contribution >= 4 is 23.2 Å². The lowest BCUT2D eigenvalue weighted by Gasteiger charge is -2.36. The molecular weight excluding hydrogens is 341 g/mol. The maximum absolute atomic E-state index is 13.8. The van der Waals surface area contributed by atoms with E-state index in [0.717, 1.165) is 0 Å². The predicted octanol–water partition coefficient (Wildman–Crippen LogP) is 3.78. The largest absolute Gasteiger partial charge is 0.496 e. The van der Waals surface area contributed by atoms with E-state index in [2.05, 4.69) is 5.32 Å². The Labute approximate surface area is 145 Å². The summed E-state index contributed by atoms with van der Waals surface area (Å²) in [6.07, 6.45) is -4.32. The predicted molar refractivity (Wildman–Crippen MR) is 91.0 cm³/mol. The Morgan fingerprint density at radius 3 is 2.25 bits per heavy atom. The van der Waals surface area contributed by atoms with Gasteiger partial charge in [-0.05, 0) is 17.0 Å². The Balaban J connectivity index is 0.00000208. The van der Waals surface area contributed by atoms with Crippen LogP contribution in [-0.2, 0) is 0 Å². The summed E-state index contributed by atoms with van der Waals surface area (Å²) in [6, 6.07) is 8.66. The highest BCUT2D eigenvalue weighted by Crippen LogP contribution is 2.42. The van der Waals surface area contributed by atoms with Crippen LogP contribution in [0.1, 0.15) is 11.6 Å². The molecule has 132 valence electrons. The second-order valence-electron chi connectivity index (χ2n) is 5.63. The van der Waals surface area contributed by atoms with Crippen molar-refractivity contribution in [1.29, 1.82) is 0 Å². The molecule has 0 unspecified atom stereocenters. The number of nitrogens with one attached hydrogen (secondary N) is 1. The number of halogens is 4. The first kappa shape index (κ1) is 18.8. The van der Waals surface area contributed by atoms with Crippen LogP contribution in [0.3, 0.4) is 0 Å². The molecule has 0 amide bonds. The molecule has 1 aliphatic rings. The first-order valence-electron chi connectivity index (χ1n) is 7.59. The zero-order chi connectivity index (χ0) is 16.4. The Kier molecular flexibility index (Phi) is 5.96. The molecule has 1 aliphatic heterocycles. The van der Waals surface area contributed by atoms with Gasteiger partial charge < -0.3 is 10.1 Å². The SMILES string of the molecule is COc1ccc([C@@H](N2CCNCC2)C(F)(F)F)c2ccccc12.Cl. The van der Waals surface area contributed by atoms with Gasteiger partial charge in [0.25, 0.3) is 0 Å². The Hall–Kier alpha value is -1.50. The number of ether oxygens (including phenoxy) is 1. The van der Waals surface area contributed by atoms with E-state index in [-0.39, 0.29) is 18.0 Å².